The standard InChI is InChI=1S/C16H20N4/c1-16(2,3)18-10-14-11-20(4)19-15(14)13-7-5-12(9-17)6-8-13/h5-8,11,18H,10H2,1-4H3. The molecule has 0 radical (unpaired) electrons. The van der Waals surface area contributed by atoms with Gasteiger partial charge in [-0.15, -0.1) is 0 Å². The molecule has 0 spiro atoms. The van der Waals surface area contributed by atoms with E-state index in [4.69, 9.17) is 5.26 Å². The summed E-state index contributed by atoms with van der Waals surface area (Å²) in [5.41, 5.74) is 3.90. The Morgan fingerprint density at radius 1 is 1.25 bits per heavy atom. The van der Waals surface area contributed by atoms with Crippen LogP contribution in [0.2, 0.25) is 0 Å². The van der Waals surface area contributed by atoms with Crippen molar-refractivity contribution in [1.29, 1.82) is 5.26 Å². The van der Waals surface area contributed by atoms with Crippen molar-refractivity contribution in [2.75, 3.05) is 0 Å². The lowest BCUT2D eigenvalue weighted by molar-refractivity contribution is 0.424. The maximum Gasteiger partial charge on any atom is 0.0991 e. The van der Waals surface area contributed by atoms with Crippen LogP contribution < -0.4 is 5.32 Å². The quantitative estimate of drug-likeness (QED) is 0.931. The monoisotopic (exact) mass is 268 g/mol. The molecule has 0 amide bonds. The molecule has 0 saturated heterocycles. The number of hydrogen-bond acceptors (Lipinski definition) is 3. The van der Waals surface area contributed by atoms with Crippen LogP contribution in [0.4, 0.5) is 0 Å². The van der Waals surface area contributed by atoms with Gasteiger partial charge in [0, 0.05) is 36.5 Å². The Hall–Kier alpha value is -2.12. The molecule has 1 aromatic heterocycles. The Balaban J connectivity index is 2.29. The molecule has 104 valence electrons. The largest absolute Gasteiger partial charge is 0.308 e. The molecule has 1 aromatic carbocycles. The van der Waals surface area contributed by atoms with Crippen LogP contribution in [0, 0.1) is 11.3 Å². The Kier molecular flexibility index (Phi) is 3.91. The molecule has 0 unspecified atom stereocenters. The molecule has 0 aliphatic rings. The molecule has 0 aliphatic carbocycles. The molecule has 4 nitrogen and oxygen atoms in total. The third-order valence-corrected chi connectivity index (χ3v) is 3.00. The molecule has 1 N–H and O–H groups in total. The molecule has 0 atom stereocenters. The molecule has 0 fully saturated rings. The van der Waals surface area contributed by atoms with E-state index in [2.05, 4.69) is 37.3 Å². The number of hydrogen-bond donors (Lipinski definition) is 1. The number of nitrogens with zero attached hydrogens (tertiary/aromatic N) is 3. The van der Waals surface area contributed by atoms with Crippen molar-refractivity contribution >= 4 is 0 Å². The van der Waals surface area contributed by atoms with Gasteiger partial charge in [0.05, 0.1) is 17.3 Å². The maximum atomic E-state index is 8.85. The summed E-state index contributed by atoms with van der Waals surface area (Å²) in [6, 6.07) is 9.67. The van der Waals surface area contributed by atoms with Crippen LogP contribution in [0.5, 0.6) is 0 Å². The minimum absolute atomic E-state index is 0.0672. The lowest BCUT2D eigenvalue weighted by Crippen LogP contribution is -2.35. The number of nitriles is 1. The fraction of sp³-hybridized carbons (Fsp3) is 0.375. The Morgan fingerprint density at radius 2 is 1.90 bits per heavy atom. The number of benzene rings is 1. The summed E-state index contributed by atoms with van der Waals surface area (Å²) in [6.07, 6.45) is 2.03. The average molecular weight is 268 g/mol. The summed E-state index contributed by atoms with van der Waals surface area (Å²) in [5, 5.41) is 16.9. The van der Waals surface area contributed by atoms with E-state index in [0.717, 1.165) is 23.4 Å². The molecule has 1 heterocycles. The van der Waals surface area contributed by atoms with Gasteiger partial charge in [-0.25, -0.2) is 0 Å². The lowest BCUT2D eigenvalue weighted by Gasteiger charge is -2.20. The van der Waals surface area contributed by atoms with Gasteiger partial charge in [-0.1, -0.05) is 12.1 Å². The predicted octanol–water partition coefficient (Wildman–Crippen LogP) is 2.85. The summed E-state index contributed by atoms with van der Waals surface area (Å²) < 4.78 is 1.83. The van der Waals surface area contributed by atoms with E-state index in [-0.39, 0.29) is 5.54 Å². The fourth-order valence-corrected chi connectivity index (χ4v) is 1.97. The van der Waals surface area contributed by atoms with E-state index >= 15 is 0 Å². The molecular weight excluding hydrogens is 248 g/mol. The van der Waals surface area contributed by atoms with Crippen LogP contribution in [-0.2, 0) is 13.6 Å². The molecule has 20 heavy (non-hydrogen) atoms. The third-order valence-electron chi connectivity index (χ3n) is 3.00. The molecule has 0 bridgehead atoms. The van der Waals surface area contributed by atoms with Crippen molar-refractivity contribution in [2.45, 2.75) is 32.9 Å². The minimum atomic E-state index is 0.0672. The normalized spacial score (nSPS) is 11.3. The third kappa shape index (κ3) is 3.46. The van der Waals surface area contributed by atoms with Gasteiger partial charge in [0.15, 0.2) is 0 Å². The predicted molar refractivity (Wildman–Crippen MR) is 80.0 cm³/mol. The zero-order chi connectivity index (χ0) is 14.8. The van der Waals surface area contributed by atoms with Crippen LogP contribution in [0.25, 0.3) is 11.3 Å². The van der Waals surface area contributed by atoms with Gasteiger partial charge in [-0.05, 0) is 32.9 Å². The summed E-state index contributed by atoms with van der Waals surface area (Å²) in [4.78, 5) is 0. The van der Waals surface area contributed by atoms with Crippen molar-refractivity contribution in [3.05, 3.63) is 41.6 Å². The molecular formula is C16H20N4. The highest BCUT2D eigenvalue weighted by molar-refractivity contribution is 5.63. The first-order chi connectivity index (χ1) is 9.39. The van der Waals surface area contributed by atoms with Crippen LogP contribution in [-0.4, -0.2) is 15.3 Å². The van der Waals surface area contributed by atoms with Crippen molar-refractivity contribution in [1.82, 2.24) is 15.1 Å². The van der Waals surface area contributed by atoms with E-state index in [0.29, 0.717) is 5.56 Å². The zero-order valence-electron chi connectivity index (χ0n) is 12.4. The van der Waals surface area contributed by atoms with Crippen molar-refractivity contribution in [3.63, 3.8) is 0 Å². The highest BCUT2D eigenvalue weighted by Crippen LogP contribution is 2.22. The van der Waals surface area contributed by atoms with Gasteiger partial charge < -0.3 is 5.32 Å². The molecule has 0 aliphatic heterocycles. The van der Waals surface area contributed by atoms with Gasteiger partial charge in [0.2, 0.25) is 0 Å². The topological polar surface area (TPSA) is 53.6 Å². The number of aromatic nitrogens is 2. The van der Waals surface area contributed by atoms with E-state index in [1.54, 1.807) is 0 Å². The Bertz CT molecular complexity index is 624. The SMILES string of the molecule is Cn1cc(CNC(C)(C)C)c(-c2ccc(C#N)cc2)n1. The average Bonchev–Trinajstić information content (AvgIpc) is 2.77. The van der Waals surface area contributed by atoms with E-state index in [9.17, 15) is 0 Å². The highest BCUT2D eigenvalue weighted by atomic mass is 15.3. The van der Waals surface area contributed by atoms with Gasteiger partial charge >= 0.3 is 0 Å². The second-order valence-electron chi connectivity index (χ2n) is 5.97. The minimum Gasteiger partial charge on any atom is -0.308 e. The Morgan fingerprint density at radius 3 is 2.45 bits per heavy atom. The summed E-state index contributed by atoms with van der Waals surface area (Å²) >= 11 is 0. The fourth-order valence-electron chi connectivity index (χ4n) is 1.97. The van der Waals surface area contributed by atoms with Crippen LogP contribution in [0.1, 0.15) is 31.9 Å². The molecule has 2 rings (SSSR count). The molecule has 4 heteroatoms. The zero-order valence-corrected chi connectivity index (χ0v) is 12.4. The Labute approximate surface area is 120 Å². The number of nitrogens with one attached hydrogen (secondary N) is 1. The first-order valence-electron chi connectivity index (χ1n) is 6.67. The first-order valence-corrected chi connectivity index (χ1v) is 6.67. The van der Waals surface area contributed by atoms with Crippen molar-refractivity contribution in [2.24, 2.45) is 7.05 Å². The van der Waals surface area contributed by atoms with Crippen LogP contribution in [0.3, 0.4) is 0 Å². The van der Waals surface area contributed by atoms with E-state index < -0.39 is 0 Å². The van der Waals surface area contributed by atoms with Gasteiger partial charge in [0.1, 0.15) is 0 Å². The second-order valence-corrected chi connectivity index (χ2v) is 5.97. The smallest absolute Gasteiger partial charge is 0.0991 e. The van der Waals surface area contributed by atoms with Gasteiger partial charge in [-0.3, -0.25) is 4.68 Å². The van der Waals surface area contributed by atoms with Gasteiger partial charge in [-0.2, -0.15) is 10.4 Å². The molecule has 2 aromatic rings. The summed E-state index contributed by atoms with van der Waals surface area (Å²) in [6.45, 7) is 7.20. The highest BCUT2D eigenvalue weighted by Gasteiger charge is 2.14. The first kappa shape index (κ1) is 14.3. The number of rotatable bonds is 3. The molecule has 0 saturated carbocycles. The van der Waals surface area contributed by atoms with Crippen LogP contribution >= 0.6 is 0 Å². The van der Waals surface area contributed by atoms with E-state index in [1.807, 2.05) is 42.2 Å². The van der Waals surface area contributed by atoms with Crippen LogP contribution in [0.15, 0.2) is 30.5 Å². The second kappa shape index (κ2) is 5.48. The lowest BCUT2D eigenvalue weighted by atomic mass is 10.0. The number of aryl methyl sites for hydroxylation is 1. The van der Waals surface area contributed by atoms with Crippen molar-refractivity contribution in [3.8, 4) is 17.3 Å². The summed E-state index contributed by atoms with van der Waals surface area (Å²) in [5.74, 6) is 0. The van der Waals surface area contributed by atoms with Crippen molar-refractivity contribution < 1.29 is 0 Å². The van der Waals surface area contributed by atoms with E-state index in [1.165, 1.54) is 0 Å². The maximum absolute atomic E-state index is 8.85. The summed E-state index contributed by atoms with van der Waals surface area (Å²) in [7, 11) is 1.92. The van der Waals surface area contributed by atoms with Gasteiger partial charge in [0.25, 0.3) is 0 Å².